The van der Waals surface area contributed by atoms with E-state index in [2.05, 4.69) is 9.72 Å². The molecule has 2 rings (SSSR count). The van der Waals surface area contributed by atoms with E-state index in [1.165, 1.54) is 19.4 Å². The lowest BCUT2D eigenvalue weighted by Gasteiger charge is -1.98. The molecule has 0 amide bonds. The van der Waals surface area contributed by atoms with Crippen molar-refractivity contribution in [1.82, 2.24) is 4.98 Å². The highest BCUT2D eigenvalue weighted by atomic mass is 35.5. The number of methoxy groups -OCH3 is 1. The van der Waals surface area contributed by atoms with Gasteiger partial charge in [0.1, 0.15) is 0 Å². The fourth-order valence-electron chi connectivity index (χ4n) is 1.55. The number of rotatable bonds is 3. The predicted octanol–water partition coefficient (Wildman–Crippen LogP) is 2.69. The van der Waals surface area contributed by atoms with Crippen molar-refractivity contribution < 1.29 is 14.3 Å². The van der Waals surface area contributed by atoms with E-state index in [0.717, 1.165) is 0 Å². The van der Waals surface area contributed by atoms with E-state index in [-0.39, 0.29) is 5.78 Å². The Morgan fingerprint density at radius 1 is 1.22 bits per heavy atom. The second-order valence-corrected chi connectivity index (χ2v) is 4.07. The van der Waals surface area contributed by atoms with Gasteiger partial charge in [0, 0.05) is 16.8 Å². The first kappa shape index (κ1) is 12.4. The first-order chi connectivity index (χ1) is 8.61. The number of carbonyl (C=O) groups excluding carboxylic acids is 2. The third-order valence-corrected chi connectivity index (χ3v) is 2.67. The molecule has 1 aromatic carbocycles. The minimum absolute atomic E-state index is 0.229. The van der Waals surface area contributed by atoms with E-state index in [0.29, 0.717) is 21.8 Å². The zero-order chi connectivity index (χ0) is 13.1. The molecule has 0 aliphatic carbocycles. The number of carbonyl (C=O) groups is 2. The SMILES string of the molecule is COC(=O)c1c[nH]c(C(=O)c2cccc(Cl)c2)c1. The van der Waals surface area contributed by atoms with E-state index in [4.69, 9.17) is 11.6 Å². The maximum Gasteiger partial charge on any atom is 0.339 e. The highest BCUT2D eigenvalue weighted by Crippen LogP contribution is 2.15. The van der Waals surface area contributed by atoms with Gasteiger partial charge in [0.05, 0.1) is 18.4 Å². The molecule has 0 radical (unpaired) electrons. The van der Waals surface area contributed by atoms with Gasteiger partial charge in [-0.2, -0.15) is 0 Å². The van der Waals surface area contributed by atoms with Crippen molar-refractivity contribution in [3.05, 3.63) is 58.4 Å². The van der Waals surface area contributed by atoms with Gasteiger partial charge in [-0.3, -0.25) is 4.79 Å². The van der Waals surface area contributed by atoms with Crippen molar-refractivity contribution in [2.45, 2.75) is 0 Å². The third kappa shape index (κ3) is 2.43. The average Bonchev–Trinajstić information content (AvgIpc) is 2.86. The Morgan fingerprint density at radius 2 is 2.00 bits per heavy atom. The first-order valence-electron chi connectivity index (χ1n) is 5.19. The van der Waals surface area contributed by atoms with Crippen molar-refractivity contribution in [2.75, 3.05) is 7.11 Å². The monoisotopic (exact) mass is 263 g/mol. The van der Waals surface area contributed by atoms with Crippen molar-refractivity contribution in [3.63, 3.8) is 0 Å². The van der Waals surface area contributed by atoms with Crippen LogP contribution in [0.15, 0.2) is 36.5 Å². The summed E-state index contributed by atoms with van der Waals surface area (Å²) in [6.45, 7) is 0. The van der Waals surface area contributed by atoms with E-state index >= 15 is 0 Å². The molecule has 0 aliphatic heterocycles. The Kier molecular flexibility index (Phi) is 3.48. The summed E-state index contributed by atoms with van der Waals surface area (Å²) < 4.78 is 4.56. The fraction of sp³-hybridized carbons (Fsp3) is 0.0769. The number of ether oxygens (including phenoxy) is 1. The number of H-pyrrole nitrogens is 1. The molecule has 2 aromatic rings. The molecule has 0 unspecified atom stereocenters. The number of halogens is 1. The molecule has 5 heteroatoms. The number of aromatic amines is 1. The lowest BCUT2D eigenvalue weighted by molar-refractivity contribution is 0.0601. The number of ketones is 1. The zero-order valence-corrected chi connectivity index (χ0v) is 10.3. The molecular formula is C13H10ClNO3. The number of esters is 1. The fourth-order valence-corrected chi connectivity index (χ4v) is 1.74. The van der Waals surface area contributed by atoms with Crippen LogP contribution in [-0.2, 0) is 4.74 Å². The van der Waals surface area contributed by atoms with Crippen molar-refractivity contribution in [1.29, 1.82) is 0 Å². The van der Waals surface area contributed by atoms with Gasteiger partial charge in [0.2, 0.25) is 5.78 Å². The Balaban J connectivity index is 2.29. The lowest BCUT2D eigenvalue weighted by atomic mass is 10.1. The third-order valence-electron chi connectivity index (χ3n) is 2.44. The summed E-state index contributed by atoms with van der Waals surface area (Å²) in [4.78, 5) is 26.1. The second kappa shape index (κ2) is 5.06. The molecule has 0 saturated carbocycles. The smallest absolute Gasteiger partial charge is 0.339 e. The molecule has 0 atom stereocenters. The predicted molar refractivity (Wildman–Crippen MR) is 67.0 cm³/mol. The minimum atomic E-state index is -0.489. The summed E-state index contributed by atoms with van der Waals surface area (Å²) in [6, 6.07) is 8.07. The van der Waals surface area contributed by atoms with Crippen LogP contribution < -0.4 is 0 Å². The molecule has 18 heavy (non-hydrogen) atoms. The molecule has 92 valence electrons. The number of hydrogen-bond donors (Lipinski definition) is 1. The molecule has 0 bridgehead atoms. The van der Waals surface area contributed by atoms with Crippen LogP contribution in [0.2, 0.25) is 5.02 Å². The van der Waals surface area contributed by atoms with Gasteiger partial charge in [-0.05, 0) is 18.2 Å². The average molecular weight is 264 g/mol. The summed E-state index contributed by atoms with van der Waals surface area (Å²) in [5.74, 6) is -0.718. The van der Waals surface area contributed by atoms with Crippen LogP contribution in [0.1, 0.15) is 26.4 Å². The van der Waals surface area contributed by atoms with Gasteiger partial charge < -0.3 is 9.72 Å². The topological polar surface area (TPSA) is 59.2 Å². The summed E-state index contributed by atoms with van der Waals surface area (Å²) in [6.07, 6.45) is 1.43. The largest absolute Gasteiger partial charge is 0.465 e. The van der Waals surface area contributed by atoms with Gasteiger partial charge in [0.15, 0.2) is 0 Å². The van der Waals surface area contributed by atoms with E-state index in [9.17, 15) is 9.59 Å². The highest BCUT2D eigenvalue weighted by Gasteiger charge is 2.14. The van der Waals surface area contributed by atoms with Crippen LogP contribution in [0.25, 0.3) is 0 Å². The number of hydrogen-bond acceptors (Lipinski definition) is 3. The highest BCUT2D eigenvalue weighted by molar-refractivity contribution is 6.31. The number of nitrogens with one attached hydrogen (secondary N) is 1. The Bertz CT molecular complexity index is 604. The quantitative estimate of drug-likeness (QED) is 0.684. The van der Waals surface area contributed by atoms with Crippen LogP contribution in [0.4, 0.5) is 0 Å². The van der Waals surface area contributed by atoms with Crippen LogP contribution in [0, 0.1) is 0 Å². The van der Waals surface area contributed by atoms with E-state index in [1.54, 1.807) is 24.3 Å². The molecule has 0 fully saturated rings. The second-order valence-electron chi connectivity index (χ2n) is 3.63. The molecule has 1 heterocycles. The summed E-state index contributed by atoms with van der Waals surface area (Å²) >= 11 is 5.82. The van der Waals surface area contributed by atoms with Crippen molar-refractivity contribution in [2.24, 2.45) is 0 Å². The van der Waals surface area contributed by atoms with E-state index < -0.39 is 5.97 Å². The first-order valence-corrected chi connectivity index (χ1v) is 5.56. The number of aromatic nitrogens is 1. The summed E-state index contributed by atoms with van der Waals surface area (Å²) in [7, 11) is 1.29. The molecule has 0 spiro atoms. The molecular weight excluding hydrogens is 254 g/mol. The van der Waals surface area contributed by atoms with E-state index in [1.807, 2.05) is 0 Å². The van der Waals surface area contributed by atoms with Gasteiger partial charge in [0.25, 0.3) is 0 Å². The van der Waals surface area contributed by atoms with Gasteiger partial charge in [-0.25, -0.2) is 4.79 Å². The minimum Gasteiger partial charge on any atom is -0.465 e. The Labute approximate surface area is 109 Å². The van der Waals surface area contributed by atoms with Gasteiger partial charge >= 0.3 is 5.97 Å². The zero-order valence-electron chi connectivity index (χ0n) is 9.57. The molecule has 0 saturated heterocycles. The molecule has 0 aliphatic rings. The Morgan fingerprint density at radius 3 is 2.67 bits per heavy atom. The molecule has 4 nitrogen and oxygen atoms in total. The summed E-state index contributed by atoms with van der Waals surface area (Å²) in [5, 5.41) is 0.487. The number of benzene rings is 1. The van der Waals surface area contributed by atoms with Crippen LogP contribution in [-0.4, -0.2) is 23.8 Å². The van der Waals surface area contributed by atoms with Crippen LogP contribution >= 0.6 is 11.6 Å². The maximum atomic E-state index is 12.1. The lowest BCUT2D eigenvalue weighted by Crippen LogP contribution is -2.02. The van der Waals surface area contributed by atoms with Crippen LogP contribution in [0.5, 0.6) is 0 Å². The molecule has 1 N–H and O–H groups in total. The van der Waals surface area contributed by atoms with Crippen molar-refractivity contribution >= 4 is 23.4 Å². The maximum absolute atomic E-state index is 12.1. The van der Waals surface area contributed by atoms with Gasteiger partial charge in [-0.15, -0.1) is 0 Å². The van der Waals surface area contributed by atoms with Crippen LogP contribution in [0.3, 0.4) is 0 Å². The normalized spacial score (nSPS) is 10.1. The standard InChI is InChI=1S/C13H10ClNO3/c1-18-13(17)9-6-11(15-7-9)12(16)8-3-2-4-10(14)5-8/h2-7,15H,1H3. The summed E-state index contributed by atoms with van der Waals surface area (Å²) in [5.41, 5.74) is 1.08. The van der Waals surface area contributed by atoms with Crippen molar-refractivity contribution in [3.8, 4) is 0 Å². The Hall–Kier alpha value is -2.07. The van der Waals surface area contributed by atoms with Gasteiger partial charge in [-0.1, -0.05) is 23.7 Å². The molecule has 1 aromatic heterocycles.